The minimum absolute atomic E-state index is 0.0822. The molecule has 9 heteroatoms. The van der Waals surface area contributed by atoms with Crippen molar-refractivity contribution < 1.29 is 22.8 Å². The molecule has 0 aliphatic rings. The molecule has 1 aromatic carbocycles. The van der Waals surface area contributed by atoms with Crippen LogP contribution in [0.2, 0.25) is 0 Å². The molecule has 3 amide bonds. The van der Waals surface area contributed by atoms with Crippen LogP contribution in [0, 0.1) is 0 Å². The van der Waals surface area contributed by atoms with Crippen molar-refractivity contribution >= 4 is 33.6 Å². The van der Waals surface area contributed by atoms with Crippen molar-refractivity contribution in [2.45, 2.75) is 19.1 Å². The second-order valence-corrected chi connectivity index (χ2v) is 4.86. The molecule has 0 aromatic heterocycles. The van der Waals surface area contributed by atoms with Crippen LogP contribution in [-0.2, 0) is 11.0 Å². The summed E-state index contributed by atoms with van der Waals surface area (Å²) in [5.41, 5.74) is 3.99. The number of rotatable bonds is 3. The standard InChI is InChI=1S/C11H11BrF3N3O2/c1-5(9(19)18-10(16)20)17-8-3-6(11(13,14)15)2-7(12)4-8/h2-5,17H,1H3,(H3,16,18,19,20). The van der Waals surface area contributed by atoms with Crippen LogP contribution in [0.15, 0.2) is 22.7 Å². The van der Waals surface area contributed by atoms with E-state index < -0.39 is 29.7 Å². The zero-order chi connectivity index (χ0) is 15.5. The lowest BCUT2D eigenvalue weighted by Crippen LogP contribution is -2.43. The van der Waals surface area contributed by atoms with Crippen LogP contribution >= 0.6 is 15.9 Å². The molecule has 1 aromatic rings. The summed E-state index contributed by atoms with van der Waals surface area (Å²) in [5, 5.41) is 4.38. The summed E-state index contributed by atoms with van der Waals surface area (Å²) < 4.78 is 38.1. The Morgan fingerprint density at radius 2 is 1.90 bits per heavy atom. The monoisotopic (exact) mass is 353 g/mol. The van der Waals surface area contributed by atoms with Gasteiger partial charge in [0, 0.05) is 10.2 Å². The predicted octanol–water partition coefficient (Wildman–Crippen LogP) is 2.46. The van der Waals surface area contributed by atoms with Crippen molar-refractivity contribution in [2.75, 3.05) is 5.32 Å². The Bertz CT molecular complexity index is 534. The van der Waals surface area contributed by atoms with Crippen molar-refractivity contribution in [3.8, 4) is 0 Å². The van der Waals surface area contributed by atoms with E-state index in [4.69, 9.17) is 5.73 Å². The zero-order valence-corrected chi connectivity index (χ0v) is 11.8. The SMILES string of the molecule is CC(Nc1cc(Br)cc(C(F)(F)F)c1)C(=O)NC(N)=O. The second kappa shape index (κ2) is 6.12. The van der Waals surface area contributed by atoms with Gasteiger partial charge < -0.3 is 11.1 Å². The average molecular weight is 354 g/mol. The Kier molecular flexibility index (Phi) is 4.98. The van der Waals surface area contributed by atoms with Crippen molar-refractivity contribution in [2.24, 2.45) is 5.73 Å². The summed E-state index contributed by atoms with van der Waals surface area (Å²) in [6.07, 6.45) is -4.50. The van der Waals surface area contributed by atoms with E-state index >= 15 is 0 Å². The van der Waals surface area contributed by atoms with Crippen molar-refractivity contribution in [1.82, 2.24) is 5.32 Å². The first kappa shape index (κ1) is 16.3. The molecule has 0 aliphatic heterocycles. The third-order valence-corrected chi connectivity index (χ3v) is 2.71. The van der Waals surface area contributed by atoms with Gasteiger partial charge in [0.15, 0.2) is 0 Å². The lowest BCUT2D eigenvalue weighted by molar-refractivity contribution is -0.137. The first-order valence-electron chi connectivity index (χ1n) is 5.34. The van der Waals surface area contributed by atoms with Gasteiger partial charge in [-0.2, -0.15) is 13.2 Å². The van der Waals surface area contributed by atoms with E-state index in [2.05, 4.69) is 21.2 Å². The lowest BCUT2D eigenvalue weighted by Gasteiger charge is -2.16. The zero-order valence-electron chi connectivity index (χ0n) is 10.2. The quantitative estimate of drug-likeness (QED) is 0.780. The van der Waals surface area contributed by atoms with Gasteiger partial charge in [0.25, 0.3) is 0 Å². The van der Waals surface area contributed by atoms with Gasteiger partial charge in [-0.15, -0.1) is 0 Å². The summed E-state index contributed by atoms with van der Waals surface area (Å²) in [7, 11) is 0. The van der Waals surface area contributed by atoms with E-state index in [-0.39, 0.29) is 10.2 Å². The minimum Gasteiger partial charge on any atom is -0.374 e. The second-order valence-electron chi connectivity index (χ2n) is 3.95. The first-order valence-corrected chi connectivity index (χ1v) is 6.13. The molecule has 5 nitrogen and oxygen atoms in total. The van der Waals surface area contributed by atoms with Crippen molar-refractivity contribution in [1.29, 1.82) is 0 Å². The minimum atomic E-state index is -4.50. The number of hydrogen-bond acceptors (Lipinski definition) is 3. The number of anilines is 1. The molecule has 0 fully saturated rings. The van der Waals surface area contributed by atoms with E-state index in [1.54, 1.807) is 0 Å². The summed E-state index contributed by atoms with van der Waals surface area (Å²) in [6.45, 7) is 1.38. The van der Waals surface area contributed by atoms with Crippen molar-refractivity contribution in [3.63, 3.8) is 0 Å². The normalized spacial score (nSPS) is 12.7. The summed E-state index contributed by atoms with van der Waals surface area (Å²) in [4.78, 5) is 21.9. The topological polar surface area (TPSA) is 84.2 Å². The highest BCUT2D eigenvalue weighted by molar-refractivity contribution is 9.10. The Morgan fingerprint density at radius 3 is 2.40 bits per heavy atom. The van der Waals surface area contributed by atoms with E-state index in [0.29, 0.717) is 0 Å². The molecule has 20 heavy (non-hydrogen) atoms. The highest BCUT2D eigenvalue weighted by Crippen LogP contribution is 2.33. The van der Waals surface area contributed by atoms with Crippen LogP contribution in [0.3, 0.4) is 0 Å². The third-order valence-electron chi connectivity index (χ3n) is 2.25. The fourth-order valence-electron chi connectivity index (χ4n) is 1.38. The van der Waals surface area contributed by atoms with Crippen molar-refractivity contribution in [3.05, 3.63) is 28.2 Å². The molecule has 1 atom stereocenters. The molecule has 0 saturated heterocycles. The van der Waals surface area contributed by atoms with Gasteiger partial charge in [-0.25, -0.2) is 4.79 Å². The summed E-state index contributed by atoms with van der Waals surface area (Å²) in [6, 6.07) is 1.19. The number of carbonyl (C=O) groups excluding carboxylic acids is 2. The third kappa shape index (κ3) is 4.72. The fourth-order valence-corrected chi connectivity index (χ4v) is 1.88. The number of benzene rings is 1. The molecule has 110 valence electrons. The molecule has 4 N–H and O–H groups in total. The van der Waals surface area contributed by atoms with Crippen LogP contribution in [-0.4, -0.2) is 18.0 Å². The maximum Gasteiger partial charge on any atom is 0.416 e. The molecule has 0 spiro atoms. The van der Waals surface area contributed by atoms with Crippen LogP contribution in [0.1, 0.15) is 12.5 Å². The largest absolute Gasteiger partial charge is 0.416 e. The Hall–Kier alpha value is -1.77. The van der Waals surface area contributed by atoms with Gasteiger partial charge in [0.1, 0.15) is 6.04 Å². The molecular weight excluding hydrogens is 343 g/mol. The van der Waals surface area contributed by atoms with Crippen LogP contribution in [0.25, 0.3) is 0 Å². The fraction of sp³-hybridized carbons (Fsp3) is 0.273. The van der Waals surface area contributed by atoms with Gasteiger partial charge in [-0.1, -0.05) is 15.9 Å². The number of imide groups is 1. The predicted molar refractivity (Wildman–Crippen MR) is 70.0 cm³/mol. The maximum absolute atomic E-state index is 12.6. The van der Waals surface area contributed by atoms with E-state index in [9.17, 15) is 22.8 Å². The number of urea groups is 1. The summed E-state index contributed by atoms with van der Waals surface area (Å²) >= 11 is 2.96. The molecule has 0 saturated carbocycles. The number of hydrogen-bond donors (Lipinski definition) is 3. The molecule has 0 bridgehead atoms. The number of carbonyl (C=O) groups is 2. The number of nitrogens with one attached hydrogen (secondary N) is 2. The molecular formula is C11H11BrF3N3O2. The summed E-state index contributed by atoms with van der Waals surface area (Å²) in [5.74, 6) is -0.744. The number of nitrogens with two attached hydrogens (primary N) is 1. The lowest BCUT2D eigenvalue weighted by atomic mass is 10.2. The molecule has 0 radical (unpaired) electrons. The van der Waals surface area contributed by atoms with Gasteiger partial charge in [-0.05, 0) is 25.1 Å². The van der Waals surface area contributed by atoms with E-state index in [1.165, 1.54) is 13.0 Å². The van der Waals surface area contributed by atoms with Gasteiger partial charge in [0.05, 0.1) is 5.56 Å². The van der Waals surface area contributed by atoms with Crippen LogP contribution < -0.4 is 16.4 Å². The highest BCUT2D eigenvalue weighted by atomic mass is 79.9. The smallest absolute Gasteiger partial charge is 0.374 e. The average Bonchev–Trinajstić information content (AvgIpc) is 2.25. The van der Waals surface area contributed by atoms with E-state index in [1.807, 2.05) is 5.32 Å². The Labute approximate surface area is 120 Å². The Morgan fingerprint density at radius 1 is 1.30 bits per heavy atom. The van der Waals surface area contributed by atoms with Crippen LogP contribution in [0.5, 0.6) is 0 Å². The first-order chi connectivity index (χ1) is 9.09. The number of amides is 3. The molecule has 1 rings (SSSR count). The molecule has 0 aliphatic carbocycles. The van der Waals surface area contributed by atoms with Gasteiger partial charge in [0.2, 0.25) is 5.91 Å². The number of alkyl halides is 3. The van der Waals surface area contributed by atoms with E-state index in [0.717, 1.165) is 12.1 Å². The molecule has 0 heterocycles. The van der Waals surface area contributed by atoms with Crippen LogP contribution in [0.4, 0.5) is 23.7 Å². The van der Waals surface area contributed by atoms with Gasteiger partial charge in [-0.3, -0.25) is 10.1 Å². The molecule has 1 unspecified atom stereocenters. The Balaban J connectivity index is 2.90. The maximum atomic E-state index is 12.6. The highest BCUT2D eigenvalue weighted by Gasteiger charge is 2.31. The van der Waals surface area contributed by atoms with Gasteiger partial charge >= 0.3 is 12.2 Å². The number of primary amides is 1. The number of halogens is 4.